The molecule has 5 nitrogen and oxygen atoms in total. The van der Waals surface area contributed by atoms with Gasteiger partial charge in [-0.2, -0.15) is 0 Å². The molecule has 0 saturated carbocycles. The van der Waals surface area contributed by atoms with Crippen LogP contribution in [0, 0.1) is 0 Å². The number of primary sulfonamides is 1. The van der Waals surface area contributed by atoms with E-state index in [9.17, 15) is 8.42 Å². The van der Waals surface area contributed by atoms with Gasteiger partial charge in [-0.05, 0) is 23.8 Å². The highest BCUT2D eigenvalue weighted by molar-refractivity contribution is 7.89. The van der Waals surface area contributed by atoms with Crippen LogP contribution in [0.3, 0.4) is 0 Å². The summed E-state index contributed by atoms with van der Waals surface area (Å²) in [5.41, 5.74) is 7.69. The summed E-state index contributed by atoms with van der Waals surface area (Å²) < 4.78 is 22.4. The quantitative estimate of drug-likeness (QED) is 0.875. The fourth-order valence-corrected chi connectivity index (χ4v) is 2.64. The maximum Gasteiger partial charge on any atom is 0.239 e. The molecule has 0 bridgehead atoms. The van der Waals surface area contributed by atoms with Crippen molar-refractivity contribution in [1.29, 1.82) is 0 Å². The van der Waals surface area contributed by atoms with Gasteiger partial charge in [0, 0.05) is 23.6 Å². The van der Waals surface area contributed by atoms with Crippen LogP contribution in [0.4, 0.5) is 5.69 Å². The van der Waals surface area contributed by atoms with E-state index < -0.39 is 10.0 Å². The Balaban J connectivity index is 2.58. The van der Waals surface area contributed by atoms with E-state index >= 15 is 0 Å². The van der Waals surface area contributed by atoms with Gasteiger partial charge in [0.1, 0.15) is 4.90 Å². The molecular formula is C11H10ClN3O2S. The molecule has 0 aliphatic heterocycles. The van der Waals surface area contributed by atoms with Gasteiger partial charge in [-0.25, -0.2) is 13.6 Å². The molecule has 7 heteroatoms. The van der Waals surface area contributed by atoms with E-state index in [4.69, 9.17) is 22.5 Å². The number of pyridine rings is 1. The van der Waals surface area contributed by atoms with Gasteiger partial charge in [0.2, 0.25) is 10.0 Å². The highest BCUT2D eigenvalue weighted by Crippen LogP contribution is 2.30. The Morgan fingerprint density at radius 1 is 1.22 bits per heavy atom. The highest BCUT2D eigenvalue weighted by Gasteiger charge is 2.14. The van der Waals surface area contributed by atoms with Crippen molar-refractivity contribution in [3.05, 3.63) is 41.7 Å². The molecule has 1 aromatic heterocycles. The summed E-state index contributed by atoms with van der Waals surface area (Å²) in [6.07, 6.45) is 3.15. The number of rotatable bonds is 2. The third-order valence-electron chi connectivity index (χ3n) is 2.40. The third kappa shape index (κ3) is 2.45. The normalized spacial score (nSPS) is 11.4. The molecule has 0 atom stereocenters. The molecule has 1 aromatic carbocycles. The minimum absolute atomic E-state index is 0.0539. The van der Waals surface area contributed by atoms with Crippen molar-refractivity contribution in [2.75, 3.05) is 5.73 Å². The smallest absolute Gasteiger partial charge is 0.239 e. The zero-order valence-electron chi connectivity index (χ0n) is 9.17. The predicted molar refractivity (Wildman–Crippen MR) is 70.5 cm³/mol. The summed E-state index contributed by atoms with van der Waals surface area (Å²) in [7, 11) is -3.82. The molecule has 0 radical (unpaired) electrons. The number of aromatic nitrogens is 1. The number of hydrogen-bond donors (Lipinski definition) is 2. The Morgan fingerprint density at radius 3 is 2.50 bits per heavy atom. The van der Waals surface area contributed by atoms with Crippen LogP contribution in [0.25, 0.3) is 11.1 Å². The maximum absolute atomic E-state index is 11.2. The number of sulfonamides is 1. The Morgan fingerprint density at radius 2 is 1.94 bits per heavy atom. The van der Waals surface area contributed by atoms with E-state index in [2.05, 4.69) is 4.98 Å². The first-order valence-corrected chi connectivity index (χ1v) is 6.84. The molecule has 2 aromatic rings. The van der Waals surface area contributed by atoms with Gasteiger partial charge in [0.25, 0.3) is 0 Å². The summed E-state index contributed by atoms with van der Waals surface area (Å²) in [6, 6.07) is 6.07. The summed E-state index contributed by atoms with van der Waals surface area (Å²) in [6.45, 7) is 0. The average Bonchev–Trinajstić information content (AvgIpc) is 2.27. The number of hydrogen-bond acceptors (Lipinski definition) is 4. The van der Waals surface area contributed by atoms with E-state index in [-0.39, 0.29) is 9.92 Å². The molecule has 0 aliphatic carbocycles. The summed E-state index contributed by atoms with van der Waals surface area (Å²) in [5, 5.41) is 5.08. The van der Waals surface area contributed by atoms with Crippen LogP contribution >= 0.6 is 11.6 Å². The van der Waals surface area contributed by atoms with Crippen molar-refractivity contribution < 1.29 is 8.42 Å². The van der Waals surface area contributed by atoms with Gasteiger partial charge in [0.15, 0.2) is 0 Å². The first-order chi connectivity index (χ1) is 8.39. The SMILES string of the molecule is Nc1ccncc1-c1ccc(S(N)(=O)=O)c(Cl)c1. The third-order valence-corrected chi connectivity index (χ3v) is 3.80. The van der Waals surface area contributed by atoms with Crippen molar-refractivity contribution in [3.8, 4) is 11.1 Å². The Kier molecular flexibility index (Phi) is 3.25. The Bertz CT molecular complexity index is 701. The van der Waals surface area contributed by atoms with Crippen LogP contribution in [0.2, 0.25) is 5.02 Å². The molecule has 0 saturated heterocycles. The summed E-state index contributed by atoms with van der Waals surface area (Å²) in [5.74, 6) is 0. The van der Waals surface area contributed by atoms with Gasteiger partial charge in [-0.3, -0.25) is 4.98 Å². The first-order valence-electron chi connectivity index (χ1n) is 4.92. The van der Waals surface area contributed by atoms with Gasteiger partial charge < -0.3 is 5.73 Å². The summed E-state index contributed by atoms with van der Waals surface area (Å²) >= 11 is 5.90. The van der Waals surface area contributed by atoms with Gasteiger partial charge in [0.05, 0.1) is 5.02 Å². The van der Waals surface area contributed by atoms with E-state index in [0.717, 1.165) is 0 Å². The topological polar surface area (TPSA) is 99.1 Å². The molecular weight excluding hydrogens is 274 g/mol. The molecule has 0 amide bonds. The molecule has 94 valence electrons. The van der Waals surface area contributed by atoms with Crippen LogP contribution in [0.1, 0.15) is 0 Å². The fraction of sp³-hybridized carbons (Fsp3) is 0. The number of benzene rings is 1. The standard InChI is InChI=1S/C11H10ClN3O2S/c12-9-5-7(1-2-11(9)18(14,16)17)8-6-15-4-3-10(8)13/h1-6H,(H2,13,15)(H2,14,16,17). The van der Waals surface area contributed by atoms with Crippen LogP contribution in [-0.2, 0) is 10.0 Å². The van der Waals surface area contributed by atoms with Crippen LogP contribution in [0.5, 0.6) is 0 Å². The molecule has 0 fully saturated rings. The number of nitrogen functional groups attached to an aromatic ring is 1. The average molecular weight is 284 g/mol. The first kappa shape index (κ1) is 12.8. The van der Waals surface area contributed by atoms with Crippen molar-refractivity contribution in [3.63, 3.8) is 0 Å². The van der Waals surface area contributed by atoms with E-state index in [1.54, 1.807) is 24.5 Å². The molecule has 2 rings (SSSR count). The van der Waals surface area contributed by atoms with Crippen molar-refractivity contribution in [1.82, 2.24) is 4.98 Å². The Labute approximate surface area is 109 Å². The van der Waals surface area contributed by atoms with Crippen LogP contribution in [0.15, 0.2) is 41.6 Å². The lowest BCUT2D eigenvalue weighted by molar-refractivity contribution is 0.598. The number of anilines is 1. The number of nitrogens with two attached hydrogens (primary N) is 2. The highest BCUT2D eigenvalue weighted by atomic mass is 35.5. The molecule has 0 spiro atoms. The van der Waals surface area contributed by atoms with Gasteiger partial charge >= 0.3 is 0 Å². The van der Waals surface area contributed by atoms with Gasteiger partial charge in [-0.1, -0.05) is 17.7 Å². The molecule has 0 unspecified atom stereocenters. The van der Waals surface area contributed by atoms with E-state index in [1.165, 1.54) is 12.1 Å². The second kappa shape index (κ2) is 4.56. The largest absolute Gasteiger partial charge is 0.398 e. The van der Waals surface area contributed by atoms with Crippen LogP contribution in [-0.4, -0.2) is 13.4 Å². The monoisotopic (exact) mass is 283 g/mol. The second-order valence-corrected chi connectivity index (χ2v) is 5.59. The van der Waals surface area contributed by atoms with Gasteiger partial charge in [-0.15, -0.1) is 0 Å². The van der Waals surface area contributed by atoms with Crippen molar-refractivity contribution in [2.24, 2.45) is 5.14 Å². The molecule has 4 N–H and O–H groups in total. The number of nitrogens with zero attached hydrogens (tertiary/aromatic N) is 1. The Hall–Kier alpha value is -1.63. The minimum atomic E-state index is -3.82. The van der Waals surface area contributed by atoms with Crippen LogP contribution < -0.4 is 10.9 Å². The van der Waals surface area contributed by atoms with E-state index in [0.29, 0.717) is 16.8 Å². The van der Waals surface area contributed by atoms with Crippen molar-refractivity contribution in [2.45, 2.75) is 4.90 Å². The molecule has 0 aliphatic rings. The van der Waals surface area contributed by atoms with Crippen molar-refractivity contribution >= 4 is 27.3 Å². The second-order valence-electron chi connectivity index (χ2n) is 3.65. The minimum Gasteiger partial charge on any atom is -0.398 e. The number of halogens is 1. The molecule has 18 heavy (non-hydrogen) atoms. The molecule has 1 heterocycles. The zero-order chi connectivity index (χ0) is 13.3. The lowest BCUT2D eigenvalue weighted by Crippen LogP contribution is -2.12. The predicted octanol–water partition coefficient (Wildman–Crippen LogP) is 1.63. The van der Waals surface area contributed by atoms with E-state index in [1.807, 2.05) is 0 Å². The fourth-order valence-electron chi connectivity index (χ4n) is 1.55. The lowest BCUT2D eigenvalue weighted by Gasteiger charge is -2.07. The maximum atomic E-state index is 11.2. The lowest BCUT2D eigenvalue weighted by atomic mass is 10.1. The zero-order valence-corrected chi connectivity index (χ0v) is 10.7. The summed E-state index contributed by atoms with van der Waals surface area (Å²) in [4.78, 5) is 3.84.